The second-order valence-corrected chi connectivity index (χ2v) is 6.99. The van der Waals surface area contributed by atoms with E-state index in [0.717, 1.165) is 5.56 Å². The van der Waals surface area contributed by atoms with Gasteiger partial charge in [-0.3, -0.25) is 24.5 Å². The number of nitriles is 1. The van der Waals surface area contributed by atoms with Crippen LogP contribution < -0.4 is 11.1 Å². The molecule has 2 atom stereocenters. The molecule has 0 spiro atoms. The van der Waals surface area contributed by atoms with Gasteiger partial charge in [-0.2, -0.15) is 5.26 Å². The van der Waals surface area contributed by atoms with Crippen LogP contribution in [0.5, 0.6) is 0 Å². The van der Waals surface area contributed by atoms with Gasteiger partial charge in [0.1, 0.15) is 12.1 Å². The Bertz CT molecular complexity index is 858. The normalized spacial score (nSPS) is 19.3. The predicted octanol–water partition coefficient (Wildman–Crippen LogP) is 0.374. The topological polar surface area (TPSA) is 154 Å². The first-order valence-corrected chi connectivity index (χ1v) is 8.81. The van der Waals surface area contributed by atoms with E-state index < -0.39 is 24.0 Å². The summed E-state index contributed by atoms with van der Waals surface area (Å²) in [4.78, 5) is 46.8. The van der Waals surface area contributed by atoms with Crippen molar-refractivity contribution < 1.29 is 24.3 Å². The van der Waals surface area contributed by atoms with Crippen LogP contribution in [0.15, 0.2) is 18.2 Å². The largest absolute Gasteiger partial charge is 0.480 e. The Kier molecular flexibility index (Phi) is 6.49. The van der Waals surface area contributed by atoms with Crippen LogP contribution in [0.2, 0.25) is 0 Å². The maximum Gasteiger partial charge on any atom is 0.320 e. The average Bonchev–Trinajstić information content (AvgIpc) is 2.97. The van der Waals surface area contributed by atoms with Crippen molar-refractivity contribution in [2.75, 3.05) is 0 Å². The first kappa shape index (κ1) is 21.1. The smallest absolute Gasteiger partial charge is 0.320 e. The molecule has 4 N–H and O–H groups in total. The molecule has 148 valence electrons. The molecule has 2 heterocycles. The van der Waals surface area contributed by atoms with Gasteiger partial charge in [0.2, 0.25) is 11.8 Å². The lowest BCUT2D eigenvalue weighted by Crippen LogP contribution is -2.52. The number of hydrogen-bond acceptors (Lipinski definition) is 6. The Morgan fingerprint density at radius 2 is 2.04 bits per heavy atom. The van der Waals surface area contributed by atoms with Gasteiger partial charge in [0, 0.05) is 18.5 Å². The standard InChI is InChI=1S/C14H11N3O3.C5H11NO2/c15-6-8-1-2-9-7-17(14(20)10(9)5-8)11-3-4-12(18)16-13(11)19;1-3(2)4(6)5(7)8/h1-2,5,11H,3-4,7H2,(H,16,18,19);3-4H,6H2,1-2H3,(H,7,8)/t;4-/m.0/s1. The minimum atomic E-state index is -0.931. The number of nitrogens with zero attached hydrogens (tertiary/aromatic N) is 2. The number of imide groups is 1. The van der Waals surface area contributed by atoms with E-state index >= 15 is 0 Å². The highest BCUT2D eigenvalue weighted by Gasteiger charge is 2.39. The number of piperidine rings is 1. The molecule has 3 amide bonds. The second kappa shape index (κ2) is 8.63. The summed E-state index contributed by atoms with van der Waals surface area (Å²) in [5, 5.41) is 19.3. The van der Waals surface area contributed by atoms with Gasteiger partial charge in [-0.05, 0) is 30.0 Å². The predicted molar refractivity (Wildman–Crippen MR) is 97.7 cm³/mol. The van der Waals surface area contributed by atoms with E-state index in [9.17, 15) is 19.2 Å². The fraction of sp³-hybridized carbons (Fsp3) is 0.421. The lowest BCUT2D eigenvalue weighted by molar-refractivity contribution is -0.140. The van der Waals surface area contributed by atoms with Crippen LogP contribution in [0, 0.1) is 17.2 Å². The highest BCUT2D eigenvalue weighted by Crippen LogP contribution is 2.27. The Hall–Kier alpha value is -3.25. The number of hydrogen-bond donors (Lipinski definition) is 3. The molecular weight excluding hydrogens is 364 g/mol. The van der Waals surface area contributed by atoms with Crippen molar-refractivity contribution in [2.24, 2.45) is 11.7 Å². The molecule has 0 bridgehead atoms. The Labute approximate surface area is 162 Å². The van der Waals surface area contributed by atoms with Gasteiger partial charge in [-0.1, -0.05) is 19.9 Å². The molecule has 3 rings (SSSR count). The summed E-state index contributed by atoms with van der Waals surface area (Å²) in [5.74, 6) is -1.90. The number of carboxylic acids is 1. The van der Waals surface area contributed by atoms with Crippen molar-refractivity contribution in [2.45, 2.75) is 45.3 Å². The molecule has 2 aliphatic rings. The lowest BCUT2D eigenvalue weighted by Gasteiger charge is -2.29. The number of benzene rings is 1. The van der Waals surface area contributed by atoms with Crippen molar-refractivity contribution >= 4 is 23.7 Å². The van der Waals surface area contributed by atoms with Crippen LogP contribution in [0.4, 0.5) is 0 Å². The SMILES string of the molecule is CC(C)[C@H](N)C(=O)O.N#Cc1ccc2c(c1)C(=O)N(C1CCC(=O)NC1=O)C2. The van der Waals surface area contributed by atoms with Crippen molar-refractivity contribution in [1.29, 1.82) is 5.26 Å². The monoisotopic (exact) mass is 386 g/mol. The van der Waals surface area contributed by atoms with E-state index in [-0.39, 0.29) is 24.2 Å². The molecule has 9 nitrogen and oxygen atoms in total. The molecule has 0 aromatic heterocycles. The van der Waals surface area contributed by atoms with E-state index in [2.05, 4.69) is 5.32 Å². The summed E-state index contributed by atoms with van der Waals surface area (Å²) in [6.45, 7) is 3.89. The van der Waals surface area contributed by atoms with E-state index in [1.54, 1.807) is 32.0 Å². The Morgan fingerprint density at radius 1 is 1.36 bits per heavy atom. The van der Waals surface area contributed by atoms with Gasteiger partial charge >= 0.3 is 5.97 Å². The molecule has 9 heteroatoms. The molecule has 0 aliphatic carbocycles. The van der Waals surface area contributed by atoms with Gasteiger partial charge in [0.05, 0.1) is 11.6 Å². The number of aliphatic carboxylic acids is 1. The molecular formula is C19H22N4O5. The number of carbonyl (C=O) groups excluding carboxylic acids is 3. The number of carbonyl (C=O) groups is 4. The lowest BCUT2D eigenvalue weighted by atomic mass is 10.0. The van der Waals surface area contributed by atoms with Gasteiger partial charge in [-0.25, -0.2) is 0 Å². The Morgan fingerprint density at radius 3 is 2.54 bits per heavy atom. The quantitative estimate of drug-likeness (QED) is 0.634. The van der Waals surface area contributed by atoms with Crippen LogP contribution >= 0.6 is 0 Å². The summed E-state index contributed by atoms with van der Waals surface area (Å²) < 4.78 is 0. The maximum absolute atomic E-state index is 12.3. The molecule has 0 radical (unpaired) electrons. The third kappa shape index (κ3) is 4.53. The van der Waals surface area contributed by atoms with Crippen LogP contribution in [0.1, 0.15) is 48.2 Å². The van der Waals surface area contributed by atoms with Crippen LogP contribution in [-0.2, 0) is 20.9 Å². The highest BCUT2D eigenvalue weighted by atomic mass is 16.4. The molecule has 1 aromatic rings. The van der Waals surface area contributed by atoms with Crippen LogP contribution in [-0.4, -0.2) is 45.8 Å². The van der Waals surface area contributed by atoms with Crippen LogP contribution in [0.25, 0.3) is 0 Å². The zero-order valence-electron chi connectivity index (χ0n) is 15.6. The summed E-state index contributed by atoms with van der Waals surface area (Å²) >= 11 is 0. The fourth-order valence-corrected chi connectivity index (χ4v) is 2.91. The third-order valence-electron chi connectivity index (χ3n) is 4.66. The number of amides is 3. The van der Waals surface area contributed by atoms with E-state index in [1.807, 2.05) is 6.07 Å². The van der Waals surface area contributed by atoms with E-state index in [1.165, 1.54) is 4.90 Å². The van der Waals surface area contributed by atoms with Gasteiger partial charge in [0.15, 0.2) is 0 Å². The van der Waals surface area contributed by atoms with Crippen LogP contribution in [0.3, 0.4) is 0 Å². The summed E-state index contributed by atoms with van der Waals surface area (Å²) in [5.41, 5.74) is 6.85. The van der Waals surface area contributed by atoms with E-state index in [0.29, 0.717) is 24.1 Å². The van der Waals surface area contributed by atoms with Crippen molar-refractivity contribution in [1.82, 2.24) is 10.2 Å². The third-order valence-corrected chi connectivity index (χ3v) is 4.66. The van der Waals surface area contributed by atoms with Crippen molar-refractivity contribution in [3.63, 3.8) is 0 Å². The van der Waals surface area contributed by atoms with Gasteiger partial charge in [0.25, 0.3) is 5.91 Å². The molecule has 2 aliphatic heterocycles. The first-order valence-electron chi connectivity index (χ1n) is 8.81. The van der Waals surface area contributed by atoms with E-state index in [4.69, 9.17) is 16.1 Å². The Balaban J connectivity index is 0.000000300. The number of carboxylic acid groups (broad SMARTS) is 1. The zero-order valence-corrected chi connectivity index (χ0v) is 15.6. The average molecular weight is 386 g/mol. The fourth-order valence-electron chi connectivity index (χ4n) is 2.91. The molecule has 1 aromatic carbocycles. The number of rotatable bonds is 3. The summed E-state index contributed by atoms with van der Waals surface area (Å²) in [6.07, 6.45) is 0.579. The van der Waals surface area contributed by atoms with Gasteiger partial charge in [-0.15, -0.1) is 0 Å². The maximum atomic E-state index is 12.3. The molecule has 1 saturated heterocycles. The number of fused-ring (bicyclic) bond motifs is 1. The summed E-state index contributed by atoms with van der Waals surface area (Å²) in [7, 11) is 0. The molecule has 0 saturated carbocycles. The number of nitrogens with two attached hydrogens (primary N) is 1. The molecule has 28 heavy (non-hydrogen) atoms. The van der Waals surface area contributed by atoms with Crippen molar-refractivity contribution in [3.05, 3.63) is 34.9 Å². The minimum absolute atomic E-state index is 0.0208. The highest BCUT2D eigenvalue weighted by molar-refractivity contribution is 6.05. The zero-order chi connectivity index (χ0) is 21.0. The minimum Gasteiger partial charge on any atom is -0.480 e. The first-order chi connectivity index (χ1) is 13.1. The number of nitrogens with one attached hydrogen (secondary N) is 1. The van der Waals surface area contributed by atoms with Gasteiger partial charge < -0.3 is 15.7 Å². The molecule has 1 fully saturated rings. The van der Waals surface area contributed by atoms with Crippen molar-refractivity contribution in [3.8, 4) is 6.07 Å². The molecule has 1 unspecified atom stereocenters. The summed E-state index contributed by atoms with van der Waals surface area (Å²) in [6, 6.07) is 5.60. The second-order valence-electron chi connectivity index (χ2n) is 6.99.